The predicted molar refractivity (Wildman–Crippen MR) is 74.1 cm³/mol. The van der Waals surface area contributed by atoms with E-state index in [4.69, 9.17) is 4.74 Å². The van der Waals surface area contributed by atoms with Gasteiger partial charge in [0, 0.05) is 18.0 Å². The number of fused-ring (bicyclic) bond motifs is 1. The Morgan fingerprint density at radius 2 is 2.05 bits per heavy atom. The Morgan fingerprint density at radius 1 is 1.32 bits per heavy atom. The van der Waals surface area contributed by atoms with Gasteiger partial charge in [-0.15, -0.1) is 0 Å². The first-order chi connectivity index (χ1) is 9.13. The fourth-order valence-electron chi connectivity index (χ4n) is 1.96. The summed E-state index contributed by atoms with van der Waals surface area (Å²) in [5.74, 6) is 0.362. The third kappa shape index (κ3) is 2.85. The van der Waals surface area contributed by atoms with Crippen LogP contribution in [-0.2, 0) is 4.79 Å². The van der Waals surface area contributed by atoms with Crippen LogP contribution in [0.4, 0.5) is 0 Å². The van der Waals surface area contributed by atoms with Crippen molar-refractivity contribution in [2.75, 3.05) is 13.7 Å². The Kier molecular flexibility index (Phi) is 4.02. The molecule has 0 bridgehead atoms. The molecule has 0 radical (unpaired) electrons. The molecule has 2 aromatic carbocycles. The molecule has 0 saturated heterocycles. The first kappa shape index (κ1) is 13.4. The Morgan fingerprint density at radius 3 is 2.74 bits per heavy atom. The van der Waals surface area contributed by atoms with Crippen molar-refractivity contribution >= 4 is 16.7 Å². The number of amides is 1. The van der Waals surface area contributed by atoms with Crippen LogP contribution in [0.25, 0.3) is 10.8 Å². The highest BCUT2D eigenvalue weighted by Crippen LogP contribution is 2.33. The van der Waals surface area contributed by atoms with Crippen LogP contribution in [0.1, 0.15) is 18.6 Å². The van der Waals surface area contributed by atoms with E-state index in [1.807, 2.05) is 36.4 Å². The van der Waals surface area contributed by atoms with Crippen LogP contribution in [0.3, 0.4) is 0 Å². The van der Waals surface area contributed by atoms with Crippen molar-refractivity contribution in [3.05, 3.63) is 42.0 Å². The van der Waals surface area contributed by atoms with Crippen LogP contribution in [-0.4, -0.2) is 24.7 Å². The van der Waals surface area contributed by atoms with E-state index in [0.29, 0.717) is 11.3 Å². The number of hydrogen-bond donors (Lipinski definition) is 2. The number of nitrogens with one attached hydrogen (secondary N) is 1. The zero-order valence-electron chi connectivity index (χ0n) is 11.0. The second-order valence-electron chi connectivity index (χ2n) is 4.34. The van der Waals surface area contributed by atoms with E-state index >= 15 is 0 Å². The summed E-state index contributed by atoms with van der Waals surface area (Å²) in [6, 6.07) is 11.5. The predicted octanol–water partition coefficient (Wildman–Crippen LogP) is 2.02. The van der Waals surface area contributed by atoms with Gasteiger partial charge in [-0.25, -0.2) is 0 Å². The molecule has 2 N–H and O–H groups in total. The summed E-state index contributed by atoms with van der Waals surface area (Å²) in [7, 11) is 1.56. The van der Waals surface area contributed by atoms with E-state index < -0.39 is 6.10 Å². The number of aliphatic hydroxyl groups is 1. The van der Waals surface area contributed by atoms with Crippen LogP contribution >= 0.6 is 0 Å². The molecule has 1 atom stereocenters. The fourth-order valence-corrected chi connectivity index (χ4v) is 1.96. The Bertz CT molecular complexity index is 593. The molecular weight excluding hydrogens is 242 g/mol. The van der Waals surface area contributed by atoms with E-state index in [1.165, 1.54) is 0 Å². The largest absolute Gasteiger partial charge is 0.483 e. The van der Waals surface area contributed by atoms with Crippen molar-refractivity contribution in [2.24, 2.45) is 0 Å². The highest BCUT2D eigenvalue weighted by Gasteiger charge is 2.13. The Hall–Kier alpha value is -2.07. The maximum Gasteiger partial charge on any atom is 0.257 e. The number of rotatable bonds is 4. The Labute approximate surface area is 112 Å². The summed E-state index contributed by atoms with van der Waals surface area (Å²) in [6.45, 7) is 1.61. The van der Waals surface area contributed by atoms with E-state index in [0.717, 1.165) is 10.8 Å². The minimum atomic E-state index is -0.649. The molecule has 0 aromatic heterocycles. The maximum atomic E-state index is 11.3. The minimum absolute atomic E-state index is 0.0653. The second-order valence-corrected chi connectivity index (χ2v) is 4.34. The van der Waals surface area contributed by atoms with E-state index in [2.05, 4.69) is 5.32 Å². The quantitative estimate of drug-likeness (QED) is 0.883. The van der Waals surface area contributed by atoms with E-state index in [9.17, 15) is 9.90 Å². The van der Waals surface area contributed by atoms with Crippen molar-refractivity contribution in [1.82, 2.24) is 5.32 Å². The van der Waals surface area contributed by atoms with Gasteiger partial charge in [-0.2, -0.15) is 0 Å². The first-order valence-corrected chi connectivity index (χ1v) is 6.16. The lowest BCUT2D eigenvalue weighted by atomic mass is 10.0. The van der Waals surface area contributed by atoms with Gasteiger partial charge in [-0.3, -0.25) is 4.79 Å². The highest BCUT2D eigenvalue weighted by atomic mass is 16.5. The van der Waals surface area contributed by atoms with Gasteiger partial charge in [0.15, 0.2) is 6.61 Å². The zero-order chi connectivity index (χ0) is 13.8. The SMILES string of the molecule is CNC(=O)COc1c(C(C)O)ccc2ccccc12. The molecule has 1 unspecified atom stereocenters. The summed E-state index contributed by atoms with van der Waals surface area (Å²) in [4.78, 5) is 11.3. The van der Waals surface area contributed by atoms with Gasteiger partial charge < -0.3 is 15.2 Å². The number of carbonyl (C=O) groups excluding carboxylic acids is 1. The van der Waals surface area contributed by atoms with Gasteiger partial charge in [-0.05, 0) is 12.3 Å². The van der Waals surface area contributed by atoms with Gasteiger partial charge in [0.25, 0.3) is 5.91 Å². The molecule has 2 aromatic rings. The Balaban J connectivity index is 2.46. The molecule has 19 heavy (non-hydrogen) atoms. The maximum absolute atomic E-state index is 11.3. The molecule has 4 heteroatoms. The fraction of sp³-hybridized carbons (Fsp3) is 0.267. The highest BCUT2D eigenvalue weighted by molar-refractivity contribution is 5.90. The summed E-state index contributed by atoms with van der Waals surface area (Å²) >= 11 is 0. The van der Waals surface area contributed by atoms with Crippen LogP contribution in [0, 0.1) is 0 Å². The molecule has 0 aliphatic heterocycles. The van der Waals surface area contributed by atoms with Crippen molar-refractivity contribution in [3.8, 4) is 5.75 Å². The number of ether oxygens (including phenoxy) is 1. The van der Waals surface area contributed by atoms with Crippen LogP contribution in [0.2, 0.25) is 0 Å². The van der Waals surface area contributed by atoms with E-state index in [1.54, 1.807) is 14.0 Å². The minimum Gasteiger partial charge on any atom is -0.483 e. The summed E-state index contributed by atoms with van der Waals surface area (Å²) in [5.41, 5.74) is 0.683. The van der Waals surface area contributed by atoms with Crippen molar-refractivity contribution in [3.63, 3.8) is 0 Å². The average Bonchev–Trinajstić information content (AvgIpc) is 2.43. The zero-order valence-corrected chi connectivity index (χ0v) is 11.0. The van der Waals surface area contributed by atoms with Gasteiger partial charge in [-0.1, -0.05) is 36.4 Å². The molecule has 0 aliphatic carbocycles. The number of hydrogen-bond acceptors (Lipinski definition) is 3. The summed E-state index contributed by atoms with van der Waals surface area (Å²) in [6.07, 6.45) is -0.649. The molecule has 100 valence electrons. The summed E-state index contributed by atoms with van der Waals surface area (Å²) in [5, 5.41) is 14.2. The topological polar surface area (TPSA) is 58.6 Å². The smallest absolute Gasteiger partial charge is 0.257 e. The van der Waals surface area contributed by atoms with Crippen LogP contribution in [0.15, 0.2) is 36.4 Å². The van der Waals surface area contributed by atoms with Crippen molar-refractivity contribution in [2.45, 2.75) is 13.0 Å². The molecule has 2 rings (SSSR count). The van der Waals surface area contributed by atoms with Gasteiger partial charge in [0.2, 0.25) is 0 Å². The molecule has 4 nitrogen and oxygen atoms in total. The van der Waals surface area contributed by atoms with Crippen LogP contribution in [0.5, 0.6) is 5.75 Å². The monoisotopic (exact) mass is 259 g/mol. The molecule has 1 amide bonds. The van der Waals surface area contributed by atoms with Crippen LogP contribution < -0.4 is 10.1 Å². The third-order valence-corrected chi connectivity index (χ3v) is 2.99. The number of carbonyl (C=O) groups is 1. The molecule has 0 spiro atoms. The second kappa shape index (κ2) is 5.71. The molecule has 0 heterocycles. The lowest BCUT2D eigenvalue weighted by Crippen LogP contribution is -2.25. The standard InChI is InChI=1S/C15H17NO3/c1-10(17)12-8-7-11-5-3-4-6-13(11)15(12)19-9-14(18)16-2/h3-8,10,17H,9H2,1-2H3,(H,16,18). The number of benzene rings is 2. The van der Waals surface area contributed by atoms with Gasteiger partial charge in [0.05, 0.1) is 6.10 Å². The molecule has 0 aliphatic rings. The third-order valence-electron chi connectivity index (χ3n) is 2.99. The first-order valence-electron chi connectivity index (χ1n) is 6.16. The summed E-state index contributed by atoms with van der Waals surface area (Å²) < 4.78 is 5.59. The lowest BCUT2D eigenvalue weighted by Gasteiger charge is -2.15. The molecule has 0 saturated carbocycles. The van der Waals surface area contributed by atoms with Crippen molar-refractivity contribution < 1.29 is 14.6 Å². The number of likely N-dealkylation sites (N-methyl/N-ethyl adjacent to an activating group) is 1. The van der Waals surface area contributed by atoms with Gasteiger partial charge >= 0.3 is 0 Å². The number of aliphatic hydroxyl groups excluding tert-OH is 1. The molecule has 0 fully saturated rings. The van der Waals surface area contributed by atoms with Gasteiger partial charge in [0.1, 0.15) is 5.75 Å². The molecular formula is C15H17NO3. The van der Waals surface area contributed by atoms with Crippen molar-refractivity contribution in [1.29, 1.82) is 0 Å². The average molecular weight is 259 g/mol. The van der Waals surface area contributed by atoms with E-state index in [-0.39, 0.29) is 12.5 Å². The lowest BCUT2D eigenvalue weighted by molar-refractivity contribution is -0.122. The normalized spacial score (nSPS) is 12.2.